The van der Waals surface area contributed by atoms with Crippen molar-refractivity contribution in [3.05, 3.63) is 58.9 Å². The zero-order valence-corrected chi connectivity index (χ0v) is 10.3. The Balaban J connectivity index is 2.13. The summed E-state index contributed by atoms with van der Waals surface area (Å²) in [6.07, 6.45) is 1.67. The van der Waals surface area contributed by atoms with Crippen LogP contribution in [0.1, 0.15) is 22.1 Å². The topological polar surface area (TPSA) is 65.1 Å². The van der Waals surface area contributed by atoms with Crippen molar-refractivity contribution in [2.24, 2.45) is 0 Å². The van der Waals surface area contributed by atoms with Gasteiger partial charge in [-0.15, -0.1) is 0 Å². The van der Waals surface area contributed by atoms with Gasteiger partial charge in [0.25, 0.3) is 5.91 Å². The Hall–Kier alpha value is -1.78. The molecule has 0 aliphatic heterocycles. The van der Waals surface area contributed by atoms with Crippen molar-refractivity contribution in [1.82, 2.24) is 10.3 Å². The number of carbonyl (C=O) groups excluding carboxylic acids is 1. The van der Waals surface area contributed by atoms with Crippen molar-refractivity contribution in [1.29, 1.82) is 0 Å². The molecule has 2 rings (SSSR count). The van der Waals surface area contributed by atoms with Crippen molar-refractivity contribution >= 4 is 17.5 Å². The molecule has 0 saturated heterocycles. The quantitative estimate of drug-likeness (QED) is 0.792. The first kappa shape index (κ1) is 12.7. The average Bonchev–Trinajstić information content (AvgIpc) is 2.89. The molecule has 4 nitrogen and oxygen atoms in total. The minimum Gasteiger partial charge on any atom is -0.394 e. The molecule has 0 spiro atoms. The number of aliphatic hydroxyl groups is 1. The van der Waals surface area contributed by atoms with Crippen molar-refractivity contribution in [3.63, 3.8) is 0 Å². The van der Waals surface area contributed by atoms with Gasteiger partial charge in [0.05, 0.1) is 12.6 Å². The number of nitrogens with one attached hydrogen (secondary N) is 2. The molecule has 0 saturated carbocycles. The van der Waals surface area contributed by atoms with Crippen molar-refractivity contribution in [2.45, 2.75) is 6.04 Å². The van der Waals surface area contributed by atoms with Gasteiger partial charge < -0.3 is 15.4 Å². The summed E-state index contributed by atoms with van der Waals surface area (Å²) in [5.41, 5.74) is 1.22. The van der Waals surface area contributed by atoms with E-state index in [-0.39, 0.29) is 12.5 Å². The fraction of sp³-hybridized carbons (Fsp3) is 0.154. The number of rotatable bonds is 4. The van der Waals surface area contributed by atoms with Crippen LogP contribution < -0.4 is 5.32 Å². The summed E-state index contributed by atoms with van der Waals surface area (Å²) in [7, 11) is 0. The van der Waals surface area contributed by atoms with Crippen LogP contribution in [0.3, 0.4) is 0 Å². The molecule has 0 aliphatic rings. The zero-order valence-electron chi connectivity index (χ0n) is 9.56. The molecule has 94 valence electrons. The van der Waals surface area contributed by atoms with E-state index in [0.29, 0.717) is 10.7 Å². The molecule has 3 N–H and O–H groups in total. The number of halogens is 1. The molecule has 0 bridgehead atoms. The summed E-state index contributed by atoms with van der Waals surface area (Å²) in [6, 6.07) is 9.98. The average molecular weight is 265 g/mol. The van der Waals surface area contributed by atoms with Gasteiger partial charge in [0.1, 0.15) is 5.69 Å². The van der Waals surface area contributed by atoms with Gasteiger partial charge in [-0.3, -0.25) is 4.79 Å². The lowest BCUT2D eigenvalue weighted by atomic mass is 10.1. The van der Waals surface area contributed by atoms with E-state index in [1.54, 1.807) is 36.5 Å². The molecule has 1 amide bonds. The minimum absolute atomic E-state index is 0.188. The van der Waals surface area contributed by atoms with Gasteiger partial charge in [-0.05, 0) is 29.8 Å². The van der Waals surface area contributed by atoms with Crippen molar-refractivity contribution < 1.29 is 9.90 Å². The third kappa shape index (κ3) is 2.91. The fourth-order valence-electron chi connectivity index (χ4n) is 1.67. The number of hydrogen-bond donors (Lipinski definition) is 3. The maximum absolute atomic E-state index is 11.8. The SMILES string of the molecule is O=C(N[C@H](CO)c1cccc(Cl)c1)c1ccc[nH]1. The summed E-state index contributed by atoms with van der Waals surface area (Å²) in [5.74, 6) is -0.265. The number of benzene rings is 1. The molecule has 2 aromatic rings. The molecule has 5 heteroatoms. The number of aliphatic hydroxyl groups excluding tert-OH is 1. The second-order valence-electron chi connectivity index (χ2n) is 3.85. The lowest BCUT2D eigenvalue weighted by molar-refractivity contribution is 0.0912. The highest BCUT2D eigenvalue weighted by atomic mass is 35.5. The van der Waals surface area contributed by atoms with Gasteiger partial charge >= 0.3 is 0 Å². The van der Waals surface area contributed by atoms with Crippen LogP contribution in [0, 0.1) is 0 Å². The first-order valence-electron chi connectivity index (χ1n) is 5.51. The highest BCUT2D eigenvalue weighted by Crippen LogP contribution is 2.17. The Morgan fingerprint density at radius 3 is 2.83 bits per heavy atom. The predicted molar refractivity (Wildman–Crippen MR) is 69.5 cm³/mol. The summed E-state index contributed by atoms with van der Waals surface area (Å²) >= 11 is 5.88. The first-order valence-corrected chi connectivity index (χ1v) is 5.89. The van der Waals surface area contributed by atoms with Crippen LogP contribution in [-0.4, -0.2) is 22.6 Å². The van der Waals surface area contributed by atoms with Gasteiger partial charge in [0.15, 0.2) is 0 Å². The zero-order chi connectivity index (χ0) is 13.0. The number of amides is 1. The van der Waals surface area contributed by atoms with Crippen LogP contribution in [-0.2, 0) is 0 Å². The summed E-state index contributed by atoms with van der Waals surface area (Å²) in [5, 5.41) is 12.7. The predicted octanol–water partition coefficient (Wildman–Crippen LogP) is 2.13. The van der Waals surface area contributed by atoms with E-state index in [1.807, 2.05) is 6.07 Å². The van der Waals surface area contributed by atoms with E-state index >= 15 is 0 Å². The van der Waals surface area contributed by atoms with E-state index in [9.17, 15) is 9.90 Å². The lowest BCUT2D eigenvalue weighted by Crippen LogP contribution is -2.30. The van der Waals surface area contributed by atoms with E-state index < -0.39 is 6.04 Å². The number of aromatic nitrogens is 1. The second-order valence-corrected chi connectivity index (χ2v) is 4.28. The molecule has 0 radical (unpaired) electrons. The maximum atomic E-state index is 11.8. The van der Waals surface area contributed by atoms with Gasteiger partial charge in [-0.1, -0.05) is 23.7 Å². The Labute approximate surface area is 110 Å². The Kier molecular flexibility index (Phi) is 4.02. The number of hydrogen-bond acceptors (Lipinski definition) is 2. The molecular formula is C13H13ClN2O2. The molecular weight excluding hydrogens is 252 g/mol. The molecule has 1 aromatic heterocycles. The van der Waals surface area contributed by atoms with Crippen molar-refractivity contribution in [3.8, 4) is 0 Å². The Morgan fingerprint density at radius 1 is 1.39 bits per heavy atom. The molecule has 18 heavy (non-hydrogen) atoms. The normalized spacial score (nSPS) is 12.1. The second kappa shape index (κ2) is 5.71. The van der Waals surface area contributed by atoms with Crippen LogP contribution in [0.2, 0.25) is 5.02 Å². The third-order valence-corrected chi connectivity index (χ3v) is 2.82. The van der Waals surface area contributed by atoms with Crippen LogP contribution in [0.5, 0.6) is 0 Å². The standard InChI is InChI=1S/C13H13ClN2O2/c14-10-4-1-3-9(7-10)12(8-17)16-13(18)11-5-2-6-15-11/h1-7,12,15,17H,8H2,(H,16,18)/t12-/m1/s1. The molecule has 0 aliphatic carbocycles. The lowest BCUT2D eigenvalue weighted by Gasteiger charge is -2.16. The van der Waals surface area contributed by atoms with E-state index in [0.717, 1.165) is 5.56 Å². The molecule has 1 heterocycles. The maximum Gasteiger partial charge on any atom is 0.268 e. The largest absolute Gasteiger partial charge is 0.394 e. The highest BCUT2D eigenvalue weighted by Gasteiger charge is 2.15. The van der Waals surface area contributed by atoms with E-state index in [1.165, 1.54) is 0 Å². The Morgan fingerprint density at radius 2 is 2.22 bits per heavy atom. The first-order chi connectivity index (χ1) is 8.70. The van der Waals surface area contributed by atoms with Gasteiger partial charge in [0, 0.05) is 11.2 Å². The molecule has 1 atom stereocenters. The van der Waals surface area contributed by atoms with E-state index in [4.69, 9.17) is 11.6 Å². The van der Waals surface area contributed by atoms with Gasteiger partial charge in [-0.25, -0.2) is 0 Å². The number of aromatic amines is 1. The molecule has 0 unspecified atom stereocenters. The van der Waals surface area contributed by atoms with Crippen LogP contribution in [0.15, 0.2) is 42.6 Å². The number of H-pyrrole nitrogens is 1. The molecule has 0 fully saturated rings. The van der Waals surface area contributed by atoms with Crippen LogP contribution in [0.4, 0.5) is 0 Å². The van der Waals surface area contributed by atoms with Crippen LogP contribution >= 0.6 is 11.6 Å². The monoisotopic (exact) mass is 264 g/mol. The van der Waals surface area contributed by atoms with Gasteiger partial charge in [-0.2, -0.15) is 0 Å². The van der Waals surface area contributed by atoms with Gasteiger partial charge in [0.2, 0.25) is 0 Å². The molecule has 1 aromatic carbocycles. The summed E-state index contributed by atoms with van der Waals surface area (Å²) in [6.45, 7) is -0.188. The fourth-order valence-corrected chi connectivity index (χ4v) is 1.86. The third-order valence-electron chi connectivity index (χ3n) is 2.58. The smallest absolute Gasteiger partial charge is 0.268 e. The number of carbonyl (C=O) groups is 1. The van der Waals surface area contributed by atoms with Crippen LogP contribution in [0.25, 0.3) is 0 Å². The summed E-state index contributed by atoms with van der Waals surface area (Å²) < 4.78 is 0. The van der Waals surface area contributed by atoms with Crippen molar-refractivity contribution in [2.75, 3.05) is 6.61 Å². The summed E-state index contributed by atoms with van der Waals surface area (Å²) in [4.78, 5) is 14.7. The van der Waals surface area contributed by atoms with E-state index in [2.05, 4.69) is 10.3 Å². The minimum atomic E-state index is -0.473. The highest BCUT2D eigenvalue weighted by molar-refractivity contribution is 6.30. The Bertz CT molecular complexity index is 526.